The highest BCUT2D eigenvalue weighted by Gasteiger charge is 2.15. The summed E-state index contributed by atoms with van der Waals surface area (Å²) in [7, 11) is 0. The van der Waals surface area contributed by atoms with Crippen LogP contribution in [-0.2, 0) is 0 Å². The van der Waals surface area contributed by atoms with Crippen LogP contribution in [0.3, 0.4) is 0 Å². The predicted octanol–water partition coefficient (Wildman–Crippen LogP) is 13.9. The summed E-state index contributed by atoms with van der Waals surface area (Å²) in [6.07, 6.45) is 0. The first-order valence-corrected chi connectivity index (χ1v) is 20.2. The molecular weight excluding hydrogens is 731 g/mol. The van der Waals surface area contributed by atoms with E-state index in [9.17, 15) is 0 Å². The number of hydrogen-bond donors (Lipinski definition) is 0. The molecular formula is C55H33N5. The number of aromatic nitrogens is 5. The highest BCUT2D eigenvalue weighted by atomic mass is 15.0. The van der Waals surface area contributed by atoms with Crippen LogP contribution in [-0.4, -0.2) is 24.9 Å². The van der Waals surface area contributed by atoms with Crippen LogP contribution in [0.5, 0.6) is 0 Å². The van der Waals surface area contributed by atoms with Gasteiger partial charge in [0.1, 0.15) is 0 Å². The minimum absolute atomic E-state index is 0.618. The second-order valence-corrected chi connectivity index (χ2v) is 15.3. The van der Waals surface area contributed by atoms with E-state index >= 15 is 0 Å². The van der Waals surface area contributed by atoms with Gasteiger partial charge in [-0.15, -0.1) is 0 Å². The third-order valence-electron chi connectivity index (χ3n) is 11.7. The lowest BCUT2D eigenvalue weighted by Gasteiger charge is -2.14. The highest BCUT2D eigenvalue weighted by molar-refractivity contribution is 6.25. The van der Waals surface area contributed by atoms with Gasteiger partial charge in [0.25, 0.3) is 0 Å². The third-order valence-corrected chi connectivity index (χ3v) is 11.7. The van der Waals surface area contributed by atoms with Gasteiger partial charge >= 0.3 is 0 Å². The molecule has 0 amide bonds. The smallest absolute Gasteiger partial charge is 0.164 e. The van der Waals surface area contributed by atoms with Gasteiger partial charge in [0.05, 0.1) is 22.4 Å². The molecule has 0 aliphatic rings. The minimum atomic E-state index is 0.618. The maximum absolute atomic E-state index is 5.25. The minimum Gasteiger partial charge on any atom is -0.245 e. The van der Waals surface area contributed by atoms with E-state index in [4.69, 9.17) is 24.9 Å². The van der Waals surface area contributed by atoms with Crippen LogP contribution in [0.25, 0.3) is 122 Å². The molecule has 0 unspecified atom stereocenters. The van der Waals surface area contributed by atoms with Gasteiger partial charge in [-0.1, -0.05) is 188 Å². The summed E-state index contributed by atoms with van der Waals surface area (Å²) in [4.78, 5) is 25.2. The summed E-state index contributed by atoms with van der Waals surface area (Å²) in [5, 5.41) is 9.86. The topological polar surface area (TPSA) is 64.5 Å². The summed E-state index contributed by atoms with van der Waals surface area (Å²) < 4.78 is 0. The van der Waals surface area contributed by atoms with E-state index in [1.54, 1.807) is 0 Å². The maximum Gasteiger partial charge on any atom is 0.164 e. The fourth-order valence-corrected chi connectivity index (χ4v) is 8.62. The highest BCUT2D eigenvalue weighted by Crippen LogP contribution is 2.40. The van der Waals surface area contributed by atoms with Crippen LogP contribution in [0.2, 0.25) is 0 Å². The number of benzene rings is 9. The van der Waals surface area contributed by atoms with Gasteiger partial charge in [-0.2, -0.15) is 0 Å². The van der Waals surface area contributed by atoms with E-state index in [1.165, 1.54) is 43.4 Å². The van der Waals surface area contributed by atoms with E-state index in [0.29, 0.717) is 17.5 Å². The largest absolute Gasteiger partial charge is 0.245 e. The quantitative estimate of drug-likeness (QED) is 0.158. The molecule has 0 aliphatic heterocycles. The van der Waals surface area contributed by atoms with Crippen LogP contribution in [0, 0.1) is 0 Å². The van der Waals surface area contributed by atoms with Gasteiger partial charge in [0, 0.05) is 38.6 Å². The molecule has 278 valence electrons. The molecule has 0 saturated heterocycles. The molecule has 0 radical (unpaired) electrons. The number of fused-ring (bicyclic) bond motifs is 3. The molecule has 0 bridgehead atoms. The first-order chi connectivity index (χ1) is 29.7. The standard InChI is InChI=1S/C55H33N5/c1-3-8-42(9-4-1)53-58-54(43-10-5-2-6-11-43)60-55(59-53)44-24-18-36(19-25-44)48-33-29-41-23-22-40-28-32-47(56-51(40)52(41)57-48)35-16-14-34(15-17-35)45-30-26-39-21-20-37-12-7-13-38-27-31-46(45)50(39)49(37)38/h1-33H. The van der Waals surface area contributed by atoms with Gasteiger partial charge in [-0.05, 0) is 55.6 Å². The Kier molecular flexibility index (Phi) is 7.78. The van der Waals surface area contributed by atoms with Crippen molar-refractivity contribution < 1.29 is 0 Å². The predicted molar refractivity (Wildman–Crippen MR) is 247 cm³/mol. The molecule has 3 heterocycles. The first-order valence-electron chi connectivity index (χ1n) is 20.2. The van der Waals surface area contributed by atoms with E-state index in [-0.39, 0.29) is 0 Å². The maximum atomic E-state index is 5.25. The van der Waals surface area contributed by atoms with E-state index < -0.39 is 0 Å². The molecule has 0 aliphatic carbocycles. The molecule has 5 nitrogen and oxygen atoms in total. The second-order valence-electron chi connectivity index (χ2n) is 15.3. The van der Waals surface area contributed by atoms with Gasteiger partial charge in [0.2, 0.25) is 0 Å². The van der Waals surface area contributed by atoms with Gasteiger partial charge in [-0.25, -0.2) is 24.9 Å². The summed E-state index contributed by atoms with van der Waals surface area (Å²) in [6.45, 7) is 0. The van der Waals surface area contributed by atoms with Crippen LogP contribution in [0.15, 0.2) is 200 Å². The van der Waals surface area contributed by atoms with Crippen molar-refractivity contribution in [3.8, 4) is 67.8 Å². The molecule has 3 aromatic heterocycles. The molecule has 12 rings (SSSR count). The second kappa shape index (κ2) is 13.8. The van der Waals surface area contributed by atoms with Crippen molar-refractivity contribution in [3.05, 3.63) is 200 Å². The van der Waals surface area contributed by atoms with E-state index in [1.807, 2.05) is 60.7 Å². The lowest BCUT2D eigenvalue weighted by molar-refractivity contribution is 1.07. The third kappa shape index (κ3) is 5.75. The lowest BCUT2D eigenvalue weighted by atomic mass is 9.89. The summed E-state index contributed by atoms with van der Waals surface area (Å²) in [5.41, 5.74) is 10.8. The number of hydrogen-bond acceptors (Lipinski definition) is 5. The average Bonchev–Trinajstić information content (AvgIpc) is 3.33. The van der Waals surface area contributed by atoms with Gasteiger partial charge < -0.3 is 0 Å². The van der Waals surface area contributed by atoms with Crippen LogP contribution in [0.1, 0.15) is 0 Å². The Morgan fingerprint density at radius 2 is 0.633 bits per heavy atom. The first kappa shape index (κ1) is 33.9. The Balaban J connectivity index is 0.883. The molecule has 0 saturated carbocycles. The summed E-state index contributed by atoms with van der Waals surface area (Å²) in [5.74, 6) is 1.89. The van der Waals surface area contributed by atoms with Crippen molar-refractivity contribution in [3.63, 3.8) is 0 Å². The van der Waals surface area contributed by atoms with Crippen molar-refractivity contribution in [1.29, 1.82) is 0 Å². The Labute approximate surface area is 345 Å². The fraction of sp³-hybridized carbons (Fsp3) is 0. The average molecular weight is 764 g/mol. The van der Waals surface area contributed by atoms with Gasteiger partial charge in [0.15, 0.2) is 17.5 Å². The zero-order valence-corrected chi connectivity index (χ0v) is 32.3. The fourth-order valence-electron chi connectivity index (χ4n) is 8.62. The van der Waals surface area contributed by atoms with Crippen molar-refractivity contribution in [2.24, 2.45) is 0 Å². The molecule has 5 heteroatoms. The Morgan fingerprint density at radius 1 is 0.233 bits per heavy atom. The number of pyridine rings is 2. The zero-order chi connectivity index (χ0) is 39.6. The summed E-state index contributed by atoms with van der Waals surface area (Å²) in [6, 6.07) is 70.0. The molecule has 0 atom stereocenters. The van der Waals surface area contributed by atoms with Crippen molar-refractivity contribution in [1.82, 2.24) is 24.9 Å². The lowest BCUT2D eigenvalue weighted by Crippen LogP contribution is -2.00. The van der Waals surface area contributed by atoms with Crippen molar-refractivity contribution in [2.45, 2.75) is 0 Å². The van der Waals surface area contributed by atoms with Crippen LogP contribution >= 0.6 is 0 Å². The molecule has 0 spiro atoms. The summed E-state index contributed by atoms with van der Waals surface area (Å²) >= 11 is 0. The SMILES string of the molecule is c1ccc(-c2nc(-c3ccccc3)nc(-c3ccc(-c4ccc5ccc6ccc(-c7ccc(-c8ccc9ccc%10cccc%11ccc8c9c%10%11)cc7)nc6c5n4)cc3)n2)cc1. The van der Waals surface area contributed by atoms with Gasteiger partial charge in [-0.3, -0.25) is 0 Å². The van der Waals surface area contributed by atoms with Crippen molar-refractivity contribution in [2.75, 3.05) is 0 Å². The van der Waals surface area contributed by atoms with Crippen molar-refractivity contribution >= 4 is 54.1 Å². The van der Waals surface area contributed by atoms with Crippen LogP contribution in [0.4, 0.5) is 0 Å². The molecule has 60 heavy (non-hydrogen) atoms. The van der Waals surface area contributed by atoms with E-state index in [0.717, 1.165) is 61.0 Å². The normalized spacial score (nSPS) is 11.7. The number of nitrogens with zero attached hydrogens (tertiary/aromatic N) is 5. The zero-order valence-electron chi connectivity index (χ0n) is 32.3. The number of rotatable bonds is 6. The Bertz CT molecular complexity index is 3490. The molecule has 12 aromatic rings. The Morgan fingerprint density at radius 3 is 1.17 bits per heavy atom. The Hall–Kier alpha value is -8.15. The molecule has 0 N–H and O–H groups in total. The van der Waals surface area contributed by atoms with E-state index in [2.05, 4.69) is 140 Å². The molecule has 9 aromatic carbocycles. The molecule has 0 fully saturated rings. The monoisotopic (exact) mass is 763 g/mol. The van der Waals surface area contributed by atoms with Crippen LogP contribution < -0.4 is 0 Å².